The van der Waals surface area contributed by atoms with E-state index in [-0.39, 0.29) is 22.3 Å². The quantitative estimate of drug-likeness (QED) is 0.481. The second-order valence-electron chi connectivity index (χ2n) is 9.69. The SMILES string of the molecule is CC(C)[Si](O[C@@H](C(=O)O)[C@@H](NC(=O)OC(C)(C)C)c1ncccc1F)(C(C)C)C(C)C. The molecule has 0 aliphatic carbocycles. The maximum Gasteiger partial charge on any atom is 0.408 e. The number of nitrogens with one attached hydrogen (secondary N) is 1. The average Bonchev–Trinajstić information content (AvgIpc) is 2.58. The van der Waals surface area contributed by atoms with Crippen molar-refractivity contribution in [1.29, 1.82) is 0 Å². The van der Waals surface area contributed by atoms with E-state index in [1.54, 1.807) is 20.8 Å². The van der Waals surface area contributed by atoms with Gasteiger partial charge >= 0.3 is 12.1 Å². The highest BCUT2D eigenvalue weighted by Crippen LogP contribution is 2.44. The van der Waals surface area contributed by atoms with Crippen LogP contribution in [0.2, 0.25) is 16.6 Å². The van der Waals surface area contributed by atoms with Crippen LogP contribution >= 0.6 is 0 Å². The Hall–Kier alpha value is -2.00. The minimum Gasteiger partial charge on any atom is -0.479 e. The molecule has 1 rings (SSSR count). The Morgan fingerprint density at radius 3 is 2.00 bits per heavy atom. The highest BCUT2D eigenvalue weighted by atomic mass is 28.4. The number of hydrogen-bond donors (Lipinski definition) is 2. The van der Waals surface area contributed by atoms with E-state index in [1.807, 2.05) is 41.5 Å². The monoisotopic (exact) mass is 456 g/mol. The number of alkyl carbamates (subject to hydrolysis) is 1. The molecule has 2 atom stereocenters. The van der Waals surface area contributed by atoms with Crippen molar-refractivity contribution in [2.75, 3.05) is 0 Å². The maximum atomic E-state index is 14.7. The summed E-state index contributed by atoms with van der Waals surface area (Å²) in [6.45, 7) is 17.1. The number of nitrogens with zero attached hydrogens (tertiary/aromatic N) is 1. The summed E-state index contributed by atoms with van der Waals surface area (Å²) >= 11 is 0. The Balaban J connectivity index is 3.54. The number of carbonyl (C=O) groups is 2. The van der Waals surface area contributed by atoms with Gasteiger partial charge in [0.1, 0.15) is 23.2 Å². The lowest BCUT2D eigenvalue weighted by atomic mass is 10.1. The summed E-state index contributed by atoms with van der Waals surface area (Å²) in [6.07, 6.45) is -1.06. The third-order valence-electron chi connectivity index (χ3n) is 5.34. The molecule has 0 radical (unpaired) electrons. The van der Waals surface area contributed by atoms with Crippen LogP contribution in [0.5, 0.6) is 0 Å². The third-order valence-corrected chi connectivity index (χ3v) is 11.4. The van der Waals surface area contributed by atoms with Crippen molar-refractivity contribution in [2.24, 2.45) is 0 Å². The maximum absolute atomic E-state index is 14.7. The average molecular weight is 457 g/mol. The van der Waals surface area contributed by atoms with Crippen molar-refractivity contribution < 1.29 is 28.2 Å². The van der Waals surface area contributed by atoms with Crippen LogP contribution in [0.15, 0.2) is 18.3 Å². The van der Waals surface area contributed by atoms with Gasteiger partial charge in [0, 0.05) is 6.20 Å². The Bertz CT molecular complexity index is 743. The van der Waals surface area contributed by atoms with Crippen LogP contribution in [0.1, 0.15) is 74.0 Å². The van der Waals surface area contributed by atoms with Gasteiger partial charge in [-0.25, -0.2) is 14.0 Å². The lowest BCUT2D eigenvalue weighted by Crippen LogP contribution is -2.55. The van der Waals surface area contributed by atoms with Gasteiger partial charge in [0.2, 0.25) is 8.32 Å². The first kappa shape index (κ1) is 27.0. The first-order chi connectivity index (χ1) is 14.1. The molecule has 0 fully saturated rings. The summed E-state index contributed by atoms with van der Waals surface area (Å²) in [5, 5.41) is 12.6. The molecule has 0 aliphatic heterocycles. The Labute approximate surface area is 185 Å². The van der Waals surface area contributed by atoms with E-state index in [1.165, 1.54) is 18.3 Å². The molecule has 2 N–H and O–H groups in total. The highest BCUT2D eigenvalue weighted by Gasteiger charge is 2.50. The topological polar surface area (TPSA) is 97.8 Å². The molecule has 0 aromatic carbocycles. The molecule has 7 nitrogen and oxygen atoms in total. The molecule has 0 saturated heterocycles. The summed E-state index contributed by atoms with van der Waals surface area (Å²) in [7, 11) is -2.69. The van der Waals surface area contributed by atoms with Gasteiger partial charge in [0.15, 0.2) is 6.10 Å². The molecule has 1 heterocycles. The number of pyridine rings is 1. The van der Waals surface area contributed by atoms with E-state index in [9.17, 15) is 19.1 Å². The normalized spacial score (nSPS) is 14.6. The number of amides is 1. The Morgan fingerprint density at radius 2 is 1.61 bits per heavy atom. The van der Waals surface area contributed by atoms with Gasteiger partial charge in [-0.3, -0.25) is 4.98 Å². The summed E-state index contributed by atoms with van der Waals surface area (Å²) in [4.78, 5) is 28.9. The van der Waals surface area contributed by atoms with Crippen molar-refractivity contribution in [1.82, 2.24) is 10.3 Å². The van der Waals surface area contributed by atoms with Gasteiger partial charge in [-0.05, 0) is 49.5 Å². The standard InChI is InChI=1S/C22H37FN2O5Si/c1-13(2)31(14(3)4,15(5)6)30-19(20(26)27)18(17-16(23)11-10-12-24-17)25-21(28)29-22(7,8)9/h10-15,18-19H,1-9H3,(H,25,28)(H,26,27)/t18-,19+/m0/s1. The molecule has 0 spiro atoms. The van der Waals surface area contributed by atoms with Gasteiger partial charge < -0.3 is 19.6 Å². The molecule has 31 heavy (non-hydrogen) atoms. The number of carboxylic acids is 1. The van der Waals surface area contributed by atoms with Crippen molar-refractivity contribution in [3.63, 3.8) is 0 Å². The van der Waals surface area contributed by atoms with Gasteiger partial charge in [0.05, 0.1) is 0 Å². The van der Waals surface area contributed by atoms with Gasteiger partial charge in [-0.2, -0.15) is 0 Å². The smallest absolute Gasteiger partial charge is 0.408 e. The number of rotatable bonds is 9. The molecule has 1 aromatic rings. The molecular formula is C22H37FN2O5Si. The molecule has 1 amide bonds. The molecule has 1 aromatic heterocycles. The van der Waals surface area contributed by atoms with Crippen molar-refractivity contribution in [3.05, 3.63) is 29.8 Å². The number of aliphatic carboxylic acids is 1. The van der Waals surface area contributed by atoms with Crippen LogP contribution in [-0.4, -0.2) is 42.2 Å². The fourth-order valence-corrected chi connectivity index (χ4v) is 9.73. The summed E-state index contributed by atoms with van der Waals surface area (Å²) in [6, 6.07) is 1.20. The lowest BCUT2D eigenvalue weighted by molar-refractivity contribution is -0.147. The second kappa shape index (κ2) is 10.5. The van der Waals surface area contributed by atoms with E-state index in [0.717, 1.165) is 0 Å². The highest BCUT2D eigenvalue weighted by molar-refractivity contribution is 6.77. The number of halogens is 1. The lowest BCUT2D eigenvalue weighted by Gasteiger charge is -2.45. The first-order valence-electron chi connectivity index (χ1n) is 10.6. The molecular weight excluding hydrogens is 419 g/mol. The minimum atomic E-state index is -2.69. The summed E-state index contributed by atoms with van der Waals surface area (Å²) in [5.41, 5.74) is -0.761. The Morgan fingerprint density at radius 1 is 1.10 bits per heavy atom. The molecule has 0 aliphatic rings. The van der Waals surface area contributed by atoms with Crippen molar-refractivity contribution in [3.8, 4) is 0 Å². The molecule has 9 heteroatoms. The molecule has 0 unspecified atom stereocenters. The van der Waals surface area contributed by atoms with E-state index in [2.05, 4.69) is 10.3 Å². The predicted octanol–water partition coefficient (Wildman–Crippen LogP) is 5.43. The number of carbonyl (C=O) groups excluding carboxylic acids is 1. The van der Waals surface area contributed by atoms with Crippen LogP contribution < -0.4 is 5.32 Å². The number of ether oxygens (including phenoxy) is 1. The van der Waals surface area contributed by atoms with Crippen LogP contribution in [0.4, 0.5) is 9.18 Å². The van der Waals surface area contributed by atoms with E-state index in [0.29, 0.717) is 0 Å². The van der Waals surface area contributed by atoms with Gasteiger partial charge in [-0.1, -0.05) is 41.5 Å². The fourth-order valence-electron chi connectivity index (χ4n) is 4.24. The third kappa shape index (κ3) is 6.74. The number of carboxylic acid groups (broad SMARTS) is 1. The second-order valence-corrected chi connectivity index (χ2v) is 15.1. The van der Waals surface area contributed by atoms with E-state index in [4.69, 9.17) is 9.16 Å². The molecule has 176 valence electrons. The largest absolute Gasteiger partial charge is 0.479 e. The van der Waals surface area contributed by atoms with Crippen LogP contribution in [0.3, 0.4) is 0 Å². The van der Waals surface area contributed by atoms with Gasteiger partial charge in [0.25, 0.3) is 0 Å². The van der Waals surface area contributed by atoms with Crippen LogP contribution in [0.25, 0.3) is 0 Å². The van der Waals surface area contributed by atoms with Crippen LogP contribution in [0, 0.1) is 5.82 Å². The number of hydrogen-bond acceptors (Lipinski definition) is 5. The zero-order valence-electron chi connectivity index (χ0n) is 20.0. The van der Waals surface area contributed by atoms with Crippen molar-refractivity contribution in [2.45, 2.75) is 96.7 Å². The fraction of sp³-hybridized carbons (Fsp3) is 0.682. The van der Waals surface area contributed by atoms with E-state index < -0.39 is 43.9 Å². The van der Waals surface area contributed by atoms with Crippen molar-refractivity contribution >= 4 is 20.4 Å². The van der Waals surface area contributed by atoms with E-state index >= 15 is 0 Å². The zero-order chi connectivity index (χ0) is 24.1. The van der Waals surface area contributed by atoms with Gasteiger partial charge in [-0.15, -0.1) is 0 Å². The van der Waals surface area contributed by atoms with Crippen LogP contribution in [-0.2, 0) is 14.0 Å². The zero-order valence-corrected chi connectivity index (χ0v) is 21.0. The number of aromatic nitrogens is 1. The molecule has 0 saturated carbocycles. The first-order valence-corrected chi connectivity index (χ1v) is 12.8. The molecule has 0 bridgehead atoms. The predicted molar refractivity (Wildman–Crippen MR) is 120 cm³/mol. The minimum absolute atomic E-state index is 0.0881. The summed E-state index contributed by atoms with van der Waals surface area (Å²) < 4.78 is 26.4. The summed E-state index contributed by atoms with van der Waals surface area (Å²) in [5.74, 6) is -2.03. The Kier molecular flexibility index (Phi) is 9.19.